The molecule has 0 saturated carbocycles. The topological polar surface area (TPSA) is 41.1 Å². The fraction of sp³-hybridized carbons (Fsp3) is 0.562. The normalized spacial score (nSPS) is 16.6. The largest absolute Gasteiger partial charge is 0.374 e. The molecule has 2 rings (SSSR count). The molecule has 0 aliphatic heterocycles. The molecule has 1 aromatic rings. The summed E-state index contributed by atoms with van der Waals surface area (Å²) in [5, 5.41) is 6.29. The predicted molar refractivity (Wildman–Crippen MR) is 79.4 cm³/mol. The molecule has 0 heterocycles. The lowest BCUT2D eigenvalue weighted by Gasteiger charge is -2.18. The van der Waals surface area contributed by atoms with Crippen molar-refractivity contribution in [2.75, 3.05) is 5.32 Å². The van der Waals surface area contributed by atoms with Crippen LogP contribution in [0.3, 0.4) is 0 Å². The Morgan fingerprint density at radius 3 is 2.74 bits per heavy atom. The van der Waals surface area contributed by atoms with Gasteiger partial charge in [0, 0.05) is 11.7 Å². The third-order valence-corrected chi connectivity index (χ3v) is 3.88. The number of carbonyl (C=O) groups excluding carboxylic acids is 1. The van der Waals surface area contributed by atoms with E-state index in [4.69, 9.17) is 0 Å². The smallest absolute Gasteiger partial charge is 0.242 e. The molecule has 104 valence electrons. The molecule has 2 N–H and O–H groups in total. The summed E-state index contributed by atoms with van der Waals surface area (Å²) in [5.41, 5.74) is 3.94. The third kappa shape index (κ3) is 3.49. The van der Waals surface area contributed by atoms with E-state index in [0.717, 1.165) is 18.5 Å². The summed E-state index contributed by atoms with van der Waals surface area (Å²) in [6.45, 7) is 6.01. The molecule has 0 aromatic heterocycles. The molecule has 3 nitrogen and oxygen atoms in total. The highest BCUT2D eigenvalue weighted by Crippen LogP contribution is 2.25. The van der Waals surface area contributed by atoms with Crippen molar-refractivity contribution in [1.29, 1.82) is 0 Å². The second kappa shape index (κ2) is 6.09. The summed E-state index contributed by atoms with van der Waals surface area (Å²) in [5.74, 6) is 0.0647. The van der Waals surface area contributed by atoms with Crippen molar-refractivity contribution >= 4 is 11.6 Å². The van der Waals surface area contributed by atoms with Gasteiger partial charge < -0.3 is 10.6 Å². The van der Waals surface area contributed by atoms with Crippen molar-refractivity contribution in [2.24, 2.45) is 0 Å². The van der Waals surface area contributed by atoms with Gasteiger partial charge in [0.1, 0.15) is 6.04 Å². The lowest BCUT2D eigenvalue weighted by atomic mass is 10.1. The number of hydrogen-bond donors (Lipinski definition) is 2. The van der Waals surface area contributed by atoms with Crippen molar-refractivity contribution in [2.45, 2.75) is 58.5 Å². The number of rotatable bonds is 5. The van der Waals surface area contributed by atoms with Gasteiger partial charge in [0.25, 0.3) is 0 Å². The SMILES string of the molecule is CCC(C)NC(=O)C(C)Nc1ccc2c(c1)CCC2. The highest BCUT2D eigenvalue weighted by atomic mass is 16.2. The number of carbonyl (C=O) groups is 1. The molecular weight excluding hydrogens is 236 g/mol. The van der Waals surface area contributed by atoms with Crippen LogP contribution < -0.4 is 10.6 Å². The Labute approximate surface area is 115 Å². The zero-order valence-electron chi connectivity index (χ0n) is 12.1. The average Bonchev–Trinajstić information content (AvgIpc) is 2.85. The molecule has 0 saturated heterocycles. The number of hydrogen-bond acceptors (Lipinski definition) is 2. The maximum absolute atomic E-state index is 12.0. The highest BCUT2D eigenvalue weighted by molar-refractivity contribution is 5.84. The summed E-state index contributed by atoms with van der Waals surface area (Å²) in [6, 6.07) is 6.49. The van der Waals surface area contributed by atoms with Crippen LogP contribution in [-0.4, -0.2) is 18.0 Å². The molecule has 1 aliphatic rings. The number of fused-ring (bicyclic) bond motifs is 1. The van der Waals surface area contributed by atoms with Crippen LogP contribution >= 0.6 is 0 Å². The number of aryl methyl sites for hydroxylation is 2. The minimum atomic E-state index is -0.201. The van der Waals surface area contributed by atoms with E-state index in [1.165, 1.54) is 24.0 Å². The molecule has 1 aromatic carbocycles. The van der Waals surface area contributed by atoms with E-state index in [1.807, 2.05) is 13.8 Å². The Balaban J connectivity index is 1.95. The van der Waals surface area contributed by atoms with Gasteiger partial charge in [-0.2, -0.15) is 0 Å². The lowest BCUT2D eigenvalue weighted by molar-refractivity contribution is -0.122. The van der Waals surface area contributed by atoms with Crippen molar-refractivity contribution in [3.05, 3.63) is 29.3 Å². The first-order chi connectivity index (χ1) is 9.10. The maximum Gasteiger partial charge on any atom is 0.242 e. The Kier molecular flexibility index (Phi) is 4.46. The van der Waals surface area contributed by atoms with Crippen LogP contribution in [0.15, 0.2) is 18.2 Å². The molecule has 2 unspecified atom stereocenters. The van der Waals surface area contributed by atoms with Crippen LogP contribution in [0.1, 0.15) is 44.7 Å². The fourth-order valence-corrected chi connectivity index (χ4v) is 2.45. The minimum Gasteiger partial charge on any atom is -0.374 e. The van der Waals surface area contributed by atoms with Gasteiger partial charge in [0.2, 0.25) is 5.91 Å². The third-order valence-electron chi connectivity index (χ3n) is 3.88. The van der Waals surface area contributed by atoms with E-state index in [0.29, 0.717) is 0 Å². The second-order valence-corrected chi connectivity index (χ2v) is 5.52. The van der Waals surface area contributed by atoms with E-state index in [1.54, 1.807) is 0 Å². The summed E-state index contributed by atoms with van der Waals surface area (Å²) in [7, 11) is 0. The average molecular weight is 260 g/mol. The van der Waals surface area contributed by atoms with Gasteiger partial charge in [-0.3, -0.25) is 4.79 Å². The van der Waals surface area contributed by atoms with Gasteiger partial charge in [0.15, 0.2) is 0 Å². The van der Waals surface area contributed by atoms with E-state index >= 15 is 0 Å². The van der Waals surface area contributed by atoms with E-state index < -0.39 is 0 Å². The molecule has 19 heavy (non-hydrogen) atoms. The van der Waals surface area contributed by atoms with Crippen LogP contribution in [0.5, 0.6) is 0 Å². The van der Waals surface area contributed by atoms with Gasteiger partial charge in [-0.05, 0) is 62.8 Å². The van der Waals surface area contributed by atoms with Crippen molar-refractivity contribution < 1.29 is 4.79 Å². The molecule has 0 bridgehead atoms. The first-order valence-electron chi connectivity index (χ1n) is 7.29. The van der Waals surface area contributed by atoms with Gasteiger partial charge >= 0.3 is 0 Å². The molecule has 1 amide bonds. The number of anilines is 1. The summed E-state index contributed by atoms with van der Waals surface area (Å²) >= 11 is 0. The molecule has 3 heteroatoms. The van der Waals surface area contributed by atoms with Crippen LogP contribution in [-0.2, 0) is 17.6 Å². The van der Waals surface area contributed by atoms with Gasteiger partial charge in [0.05, 0.1) is 0 Å². The van der Waals surface area contributed by atoms with E-state index in [2.05, 4.69) is 35.8 Å². The fourth-order valence-electron chi connectivity index (χ4n) is 2.45. The Hall–Kier alpha value is -1.51. The van der Waals surface area contributed by atoms with Crippen LogP contribution in [0.25, 0.3) is 0 Å². The molecule has 1 aliphatic carbocycles. The first-order valence-corrected chi connectivity index (χ1v) is 7.29. The molecule has 0 spiro atoms. The Morgan fingerprint density at radius 2 is 2.00 bits per heavy atom. The number of amides is 1. The summed E-state index contributed by atoms with van der Waals surface area (Å²) in [6.07, 6.45) is 4.57. The van der Waals surface area contributed by atoms with Gasteiger partial charge in [-0.1, -0.05) is 13.0 Å². The maximum atomic E-state index is 12.0. The van der Waals surface area contributed by atoms with Crippen molar-refractivity contribution in [3.8, 4) is 0 Å². The minimum absolute atomic E-state index is 0.0647. The van der Waals surface area contributed by atoms with Crippen LogP contribution in [0.4, 0.5) is 5.69 Å². The Morgan fingerprint density at radius 1 is 1.26 bits per heavy atom. The highest BCUT2D eigenvalue weighted by Gasteiger charge is 2.16. The quantitative estimate of drug-likeness (QED) is 0.854. The first kappa shape index (κ1) is 13.9. The van der Waals surface area contributed by atoms with E-state index in [9.17, 15) is 4.79 Å². The number of benzene rings is 1. The summed E-state index contributed by atoms with van der Waals surface area (Å²) in [4.78, 5) is 12.0. The van der Waals surface area contributed by atoms with Gasteiger partial charge in [-0.25, -0.2) is 0 Å². The van der Waals surface area contributed by atoms with Crippen molar-refractivity contribution in [1.82, 2.24) is 5.32 Å². The molecule has 0 radical (unpaired) electrons. The Bertz CT molecular complexity index is 456. The zero-order chi connectivity index (χ0) is 13.8. The van der Waals surface area contributed by atoms with Crippen LogP contribution in [0.2, 0.25) is 0 Å². The molecule has 2 atom stereocenters. The summed E-state index contributed by atoms with van der Waals surface area (Å²) < 4.78 is 0. The predicted octanol–water partition coefficient (Wildman–Crippen LogP) is 2.89. The number of nitrogens with one attached hydrogen (secondary N) is 2. The zero-order valence-corrected chi connectivity index (χ0v) is 12.1. The monoisotopic (exact) mass is 260 g/mol. The second-order valence-electron chi connectivity index (χ2n) is 5.52. The van der Waals surface area contributed by atoms with Crippen LogP contribution in [0, 0.1) is 0 Å². The van der Waals surface area contributed by atoms with E-state index in [-0.39, 0.29) is 18.0 Å². The molecular formula is C16H24N2O. The standard InChI is InChI=1S/C16H24N2O/c1-4-11(2)17-16(19)12(3)18-15-9-8-13-6-5-7-14(13)10-15/h8-12,18H,4-7H2,1-3H3,(H,17,19). The van der Waals surface area contributed by atoms with Gasteiger partial charge in [-0.15, -0.1) is 0 Å². The molecule has 0 fully saturated rings. The lowest BCUT2D eigenvalue weighted by Crippen LogP contribution is -2.41. The van der Waals surface area contributed by atoms with Crippen molar-refractivity contribution in [3.63, 3.8) is 0 Å².